The maximum Gasteiger partial charge on any atom is 0.0705 e. The van der Waals surface area contributed by atoms with E-state index in [-0.39, 0.29) is 0 Å². The Bertz CT molecular complexity index is 893. The Morgan fingerprint density at radius 2 is 1.52 bits per heavy atom. The van der Waals surface area contributed by atoms with Crippen molar-refractivity contribution in [3.63, 3.8) is 0 Å². The molecule has 1 heterocycles. The van der Waals surface area contributed by atoms with Gasteiger partial charge >= 0.3 is 0 Å². The van der Waals surface area contributed by atoms with E-state index < -0.39 is 0 Å². The van der Waals surface area contributed by atoms with E-state index in [4.69, 9.17) is 0 Å². The van der Waals surface area contributed by atoms with Gasteiger partial charge < -0.3 is 0 Å². The number of rotatable bonds is 1. The van der Waals surface area contributed by atoms with Gasteiger partial charge in [0.1, 0.15) is 0 Å². The van der Waals surface area contributed by atoms with Crippen molar-refractivity contribution in [3.05, 3.63) is 77.0 Å². The SMILES string of the molecule is c1ccc(-c2cccc3c2Cc2c-3ccc3c2CCCC3)nc1. The predicted octanol–water partition coefficient (Wildman–Crippen LogP) is 5.20. The van der Waals surface area contributed by atoms with Crippen LogP contribution in [0, 0.1) is 0 Å². The summed E-state index contributed by atoms with van der Waals surface area (Å²) in [4.78, 5) is 4.58. The quantitative estimate of drug-likeness (QED) is 0.470. The topological polar surface area (TPSA) is 12.9 Å². The Morgan fingerprint density at radius 3 is 2.43 bits per heavy atom. The van der Waals surface area contributed by atoms with Gasteiger partial charge in [-0.2, -0.15) is 0 Å². The van der Waals surface area contributed by atoms with Gasteiger partial charge in [-0.1, -0.05) is 36.4 Å². The Morgan fingerprint density at radius 1 is 0.652 bits per heavy atom. The monoisotopic (exact) mass is 297 g/mol. The van der Waals surface area contributed by atoms with Gasteiger partial charge in [0.25, 0.3) is 0 Å². The van der Waals surface area contributed by atoms with E-state index in [0.29, 0.717) is 0 Å². The van der Waals surface area contributed by atoms with E-state index in [9.17, 15) is 0 Å². The molecule has 1 nitrogen and oxygen atoms in total. The van der Waals surface area contributed by atoms with Crippen LogP contribution in [0.15, 0.2) is 54.7 Å². The van der Waals surface area contributed by atoms with Gasteiger partial charge in [-0.3, -0.25) is 4.98 Å². The molecule has 0 radical (unpaired) electrons. The summed E-state index contributed by atoms with van der Waals surface area (Å²) in [7, 11) is 0. The molecular formula is C22H19N. The van der Waals surface area contributed by atoms with Gasteiger partial charge in [0.15, 0.2) is 0 Å². The largest absolute Gasteiger partial charge is 0.256 e. The maximum absolute atomic E-state index is 4.58. The fourth-order valence-electron chi connectivity index (χ4n) is 4.33. The summed E-state index contributed by atoms with van der Waals surface area (Å²) in [5.74, 6) is 0. The second-order valence-corrected chi connectivity index (χ2v) is 6.66. The van der Waals surface area contributed by atoms with E-state index >= 15 is 0 Å². The number of hydrogen-bond acceptors (Lipinski definition) is 1. The summed E-state index contributed by atoms with van der Waals surface area (Å²) in [5, 5.41) is 0. The van der Waals surface area contributed by atoms with Crippen molar-refractivity contribution in [2.75, 3.05) is 0 Å². The Kier molecular flexibility index (Phi) is 2.87. The summed E-state index contributed by atoms with van der Waals surface area (Å²) in [6.45, 7) is 0. The normalized spacial score (nSPS) is 15.0. The number of pyridine rings is 1. The number of fused-ring (bicyclic) bond motifs is 5. The molecule has 0 saturated heterocycles. The van der Waals surface area contributed by atoms with Crippen molar-refractivity contribution < 1.29 is 0 Å². The Labute approximate surface area is 137 Å². The average molecular weight is 297 g/mol. The zero-order valence-electron chi connectivity index (χ0n) is 13.2. The van der Waals surface area contributed by atoms with Crippen LogP contribution in [0.5, 0.6) is 0 Å². The third-order valence-electron chi connectivity index (χ3n) is 5.41. The fourth-order valence-corrected chi connectivity index (χ4v) is 4.33. The Balaban J connectivity index is 1.70. The highest BCUT2D eigenvalue weighted by atomic mass is 14.7. The summed E-state index contributed by atoms with van der Waals surface area (Å²) >= 11 is 0. The van der Waals surface area contributed by atoms with E-state index in [1.165, 1.54) is 47.9 Å². The van der Waals surface area contributed by atoms with Gasteiger partial charge in [-0.25, -0.2) is 0 Å². The van der Waals surface area contributed by atoms with Crippen LogP contribution in [-0.4, -0.2) is 4.98 Å². The molecule has 2 aliphatic rings. The van der Waals surface area contributed by atoms with E-state index in [1.54, 1.807) is 16.7 Å². The maximum atomic E-state index is 4.58. The van der Waals surface area contributed by atoms with Crippen LogP contribution >= 0.6 is 0 Å². The minimum Gasteiger partial charge on any atom is -0.256 e. The lowest BCUT2D eigenvalue weighted by Crippen LogP contribution is -2.05. The van der Waals surface area contributed by atoms with Crippen LogP contribution in [0.1, 0.15) is 35.1 Å². The van der Waals surface area contributed by atoms with Crippen molar-refractivity contribution in [1.29, 1.82) is 0 Å². The lowest BCUT2D eigenvalue weighted by Gasteiger charge is -2.19. The van der Waals surface area contributed by atoms with Crippen molar-refractivity contribution in [1.82, 2.24) is 4.98 Å². The standard InChI is InChI=1S/C22H19N/c1-2-7-16-15(6-1)11-12-18-17-8-5-9-19(21(17)14-20(16)18)22-10-3-4-13-23-22/h3-5,8-13H,1-2,6-7,14H2. The molecule has 23 heavy (non-hydrogen) atoms. The van der Waals surface area contributed by atoms with Crippen LogP contribution in [0.2, 0.25) is 0 Å². The van der Waals surface area contributed by atoms with Gasteiger partial charge in [0.2, 0.25) is 0 Å². The first-order chi connectivity index (χ1) is 11.4. The molecule has 1 heteroatoms. The van der Waals surface area contributed by atoms with Crippen LogP contribution in [0.3, 0.4) is 0 Å². The second kappa shape index (κ2) is 5.06. The molecule has 0 aliphatic heterocycles. The lowest BCUT2D eigenvalue weighted by atomic mass is 9.86. The van der Waals surface area contributed by atoms with E-state index in [0.717, 1.165) is 12.1 Å². The molecule has 0 N–H and O–H groups in total. The summed E-state index contributed by atoms with van der Waals surface area (Å²) < 4.78 is 0. The zero-order chi connectivity index (χ0) is 15.2. The summed E-state index contributed by atoms with van der Waals surface area (Å²) in [6.07, 6.45) is 8.15. The molecule has 2 aromatic carbocycles. The van der Waals surface area contributed by atoms with Gasteiger partial charge in [-0.05, 0) is 77.6 Å². The fraction of sp³-hybridized carbons (Fsp3) is 0.227. The predicted molar refractivity (Wildman–Crippen MR) is 94.6 cm³/mol. The van der Waals surface area contributed by atoms with Crippen molar-refractivity contribution in [2.45, 2.75) is 32.1 Å². The number of aromatic nitrogens is 1. The minimum absolute atomic E-state index is 1.07. The van der Waals surface area contributed by atoms with Crippen molar-refractivity contribution in [2.24, 2.45) is 0 Å². The molecular weight excluding hydrogens is 278 g/mol. The Hall–Kier alpha value is -2.41. The lowest BCUT2D eigenvalue weighted by molar-refractivity contribution is 0.681. The molecule has 1 aromatic heterocycles. The third-order valence-corrected chi connectivity index (χ3v) is 5.41. The molecule has 0 fully saturated rings. The number of nitrogens with zero attached hydrogens (tertiary/aromatic N) is 1. The van der Waals surface area contributed by atoms with E-state index in [2.05, 4.69) is 47.4 Å². The molecule has 112 valence electrons. The molecule has 0 amide bonds. The average Bonchev–Trinajstić information content (AvgIpc) is 3.01. The highest BCUT2D eigenvalue weighted by molar-refractivity contribution is 5.85. The highest BCUT2D eigenvalue weighted by Crippen LogP contribution is 2.44. The van der Waals surface area contributed by atoms with Crippen molar-refractivity contribution >= 4 is 0 Å². The number of benzene rings is 2. The first kappa shape index (κ1) is 13.1. The third kappa shape index (κ3) is 1.96. The second-order valence-electron chi connectivity index (χ2n) is 6.66. The smallest absolute Gasteiger partial charge is 0.0705 e. The summed E-state index contributed by atoms with van der Waals surface area (Å²) in [6, 6.07) is 17.6. The molecule has 0 unspecified atom stereocenters. The van der Waals surface area contributed by atoms with Crippen LogP contribution in [-0.2, 0) is 19.3 Å². The summed E-state index contributed by atoms with van der Waals surface area (Å²) in [5.41, 5.74) is 11.5. The van der Waals surface area contributed by atoms with Crippen LogP contribution < -0.4 is 0 Å². The number of aryl methyl sites for hydroxylation is 1. The molecule has 0 bridgehead atoms. The molecule has 2 aliphatic carbocycles. The van der Waals surface area contributed by atoms with Gasteiger partial charge in [0, 0.05) is 11.8 Å². The zero-order valence-corrected chi connectivity index (χ0v) is 13.2. The molecule has 5 rings (SSSR count). The molecule has 0 atom stereocenters. The molecule has 0 spiro atoms. The minimum atomic E-state index is 1.07. The van der Waals surface area contributed by atoms with Crippen LogP contribution in [0.25, 0.3) is 22.4 Å². The molecule has 3 aromatic rings. The van der Waals surface area contributed by atoms with Crippen LogP contribution in [0.4, 0.5) is 0 Å². The first-order valence-corrected chi connectivity index (χ1v) is 8.59. The van der Waals surface area contributed by atoms with Gasteiger partial charge in [-0.15, -0.1) is 0 Å². The molecule has 0 saturated carbocycles. The number of hydrogen-bond donors (Lipinski definition) is 0. The first-order valence-electron chi connectivity index (χ1n) is 8.59. The highest BCUT2D eigenvalue weighted by Gasteiger charge is 2.26. The van der Waals surface area contributed by atoms with Crippen molar-refractivity contribution in [3.8, 4) is 22.4 Å². The van der Waals surface area contributed by atoms with E-state index in [1.807, 2.05) is 12.3 Å². The van der Waals surface area contributed by atoms with Gasteiger partial charge in [0.05, 0.1) is 5.69 Å².